The lowest BCUT2D eigenvalue weighted by Gasteiger charge is -2.14. The maximum absolute atomic E-state index is 5.88. The fourth-order valence-electron chi connectivity index (χ4n) is 1.52. The van der Waals surface area contributed by atoms with Gasteiger partial charge in [0, 0.05) is 18.6 Å². The van der Waals surface area contributed by atoms with Crippen LogP contribution in [0, 0.1) is 0 Å². The number of hydrogen-bond acceptors (Lipinski definition) is 6. The van der Waals surface area contributed by atoms with E-state index in [-0.39, 0.29) is 0 Å². The quantitative estimate of drug-likeness (QED) is 0.831. The zero-order valence-corrected chi connectivity index (χ0v) is 12.1. The molecule has 1 aromatic carbocycles. The van der Waals surface area contributed by atoms with Gasteiger partial charge in [-0.1, -0.05) is 29.0 Å². The highest BCUT2D eigenvalue weighted by Crippen LogP contribution is 2.20. The monoisotopic (exact) mass is 298 g/mol. The smallest absolute Gasteiger partial charge is 0.209 e. The second-order valence-electron chi connectivity index (χ2n) is 4.00. The SMILES string of the molecule is CN(CCCOc1cccc(Cl)c1)c1nnc(N)s1. The number of nitrogens with zero attached hydrogens (tertiary/aromatic N) is 3. The van der Waals surface area contributed by atoms with E-state index in [1.807, 2.05) is 30.1 Å². The third-order valence-electron chi connectivity index (χ3n) is 2.46. The standard InChI is InChI=1S/C12H15ClN4OS/c1-17(12-16-15-11(14)19-12)6-3-7-18-10-5-2-4-9(13)8-10/h2,4-5,8H,3,6-7H2,1H3,(H2,14,15). The van der Waals surface area contributed by atoms with Gasteiger partial charge in [0.15, 0.2) is 0 Å². The highest BCUT2D eigenvalue weighted by atomic mass is 35.5. The average molecular weight is 299 g/mol. The van der Waals surface area contributed by atoms with Crippen LogP contribution < -0.4 is 15.4 Å². The minimum Gasteiger partial charge on any atom is -0.493 e. The summed E-state index contributed by atoms with van der Waals surface area (Å²) in [7, 11) is 1.96. The number of nitrogens with two attached hydrogens (primary N) is 1. The number of nitrogen functional groups attached to an aromatic ring is 1. The summed E-state index contributed by atoms with van der Waals surface area (Å²) in [6.07, 6.45) is 0.877. The Labute approximate surface area is 121 Å². The van der Waals surface area contributed by atoms with Crippen LogP contribution in [0.15, 0.2) is 24.3 Å². The second kappa shape index (κ2) is 6.58. The average Bonchev–Trinajstić information content (AvgIpc) is 2.81. The van der Waals surface area contributed by atoms with E-state index in [1.54, 1.807) is 6.07 Å². The van der Waals surface area contributed by atoms with Crippen molar-refractivity contribution in [1.29, 1.82) is 0 Å². The molecule has 0 spiro atoms. The molecule has 19 heavy (non-hydrogen) atoms. The summed E-state index contributed by atoms with van der Waals surface area (Å²) in [6, 6.07) is 7.38. The number of aromatic nitrogens is 2. The molecule has 0 amide bonds. The largest absolute Gasteiger partial charge is 0.493 e. The molecule has 0 aliphatic heterocycles. The summed E-state index contributed by atoms with van der Waals surface area (Å²) in [4.78, 5) is 2.01. The van der Waals surface area contributed by atoms with Crippen LogP contribution in [0.2, 0.25) is 5.02 Å². The van der Waals surface area contributed by atoms with E-state index in [4.69, 9.17) is 22.1 Å². The van der Waals surface area contributed by atoms with Gasteiger partial charge in [0.2, 0.25) is 10.3 Å². The maximum atomic E-state index is 5.88. The topological polar surface area (TPSA) is 64.3 Å². The van der Waals surface area contributed by atoms with Crippen molar-refractivity contribution in [2.75, 3.05) is 30.8 Å². The predicted molar refractivity (Wildman–Crippen MR) is 79.2 cm³/mol. The molecule has 0 atom stereocenters. The van der Waals surface area contributed by atoms with Crippen molar-refractivity contribution in [3.8, 4) is 5.75 Å². The van der Waals surface area contributed by atoms with E-state index < -0.39 is 0 Å². The summed E-state index contributed by atoms with van der Waals surface area (Å²) >= 11 is 7.25. The molecule has 0 fully saturated rings. The Morgan fingerprint density at radius 3 is 2.95 bits per heavy atom. The van der Waals surface area contributed by atoms with E-state index in [0.29, 0.717) is 16.8 Å². The van der Waals surface area contributed by atoms with Crippen molar-refractivity contribution >= 4 is 33.2 Å². The molecule has 2 N–H and O–H groups in total. The van der Waals surface area contributed by atoms with Crippen LogP contribution in [0.3, 0.4) is 0 Å². The highest BCUT2D eigenvalue weighted by Gasteiger charge is 2.06. The highest BCUT2D eigenvalue weighted by molar-refractivity contribution is 7.18. The molecule has 0 bridgehead atoms. The Kier molecular flexibility index (Phi) is 4.81. The number of hydrogen-bond donors (Lipinski definition) is 1. The Morgan fingerprint density at radius 2 is 2.26 bits per heavy atom. The fourth-order valence-corrected chi connectivity index (χ4v) is 2.30. The van der Waals surface area contributed by atoms with Gasteiger partial charge in [-0.3, -0.25) is 0 Å². The molecule has 2 aromatic rings. The van der Waals surface area contributed by atoms with Crippen molar-refractivity contribution in [3.63, 3.8) is 0 Å². The molecule has 0 saturated heterocycles. The number of rotatable bonds is 6. The second-order valence-corrected chi connectivity index (χ2v) is 5.43. The van der Waals surface area contributed by atoms with Crippen molar-refractivity contribution in [2.45, 2.75) is 6.42 Å². The van der Waals surface area contributed by atoms with Gasteiger partial charge in [-0.2, -0.15) is 0 Å². The third-order valence-corrected chi connectivity index (χ3v) is 3.56. The molecule has 1 aromatic heterocycles. The summed E-state index contributed by atoms with van der Waals surface area (Å²) < 4.78 is 5.61. The predicted octanol–water partition coefficient (Wildman–Crippen LogP) is 2.68. The Bertz CT molecular complexity index is 534. The number of halogens is 1. The van der Waals surface area contributed by atoms with Crippen LogP contribution in [0.25, 0.3) is 0 Å². The van der Waals surface area contributed by atoms with Crippen LogP contribution in [0.4, 0.5) is 10.3 Å². The van der Waals surface area contributed by atoms with E-state index in [1.165, 1.54) is 11.3 Å². The lowest BCUT2D eigenvalue weighted by molar-refractivity contribution is 0.312. The van der Waals surface area contributed by atoms with Gasteiger partial charge in [0.1, 0.15) is 5.75 Å². The van der Waals surface area contributed by atoms with Gasteiger partial charge < -0.3 is 15.4 Å². The van der Waals surface area contributed by atoms with Crippen LogP contribution >= 0.6 is 22.9 Å². The minimum absolute atomic E-state index is 0.483. The van der Waals surface area contributed by atoms with E-state index in [2.05, 4.69) is 10.2 Å². The molecular weight excluding hydrogens is 284 g/mol. The number of ether oxygens (including phenoxy) is 1. The lowest BCUT2D eigenvalue weighted by atomic mass is 10.3. The normalized spacial score (nSPS) is 10.4. The van der Waals surface area contributed by atoms with Gasteiger partial charge >= 0.3 is 0 Å². The van der Waals surface area contributed by atoms with Gasteiger partial charge in [-0.25, -0.2) is 0 Å². The van der Waals surface area contributed by atoms with E-state index >= 15 is 0 Å². The minimum atomic E-state index is 0.483. The molecule has 7 heteroatoms. The van der Waals surface area contributed by atoms with Crippen molar-refractivity contribution in [2.24, 2.45) is 0 Å². The van der Waals surface area contributed by atoms with E-state index in [0.717, 1.165) is 23.8 Å². The first-order valence-electron chi connectivity index (χ1n) is 5.83. The summed E-state index contributed by atoms with van der Waals surface area (Å²) in [5.41, 5.74) is 5.54. The third kappa shape index (κ3) is 4.25. The molecule has 5 nitrogen and oxygen atoms in total. The molecule has 2 rings (SSSR count). The van der Waals surface area contributed by atoms with Gasteiger partial charge in [-0.05, 0) is 24.6 Å². The first kappa shape index (κ1) is 13.9. The Morgan fingerprint density at radius 1 is 1.42 bits per heavy atom. The van der Waals surface area contributed by atoms with Crippen LogP contribution in [0.1, 0.15) is 6.42 Å². The lowest BCUT2D eigenvalue weighted by Crippen LogP contribution is -2.20. The van der Waals surface area contributed by atoms with Crippen LogP contribution in [-0.4, -0.2) is 30.4 Å². The molecule has 102 valence electrons. The molecular formula is C12H15ClN4OS. The first-order valence-corrected chi connectivity index (χ1v) is 7.03. The zero-order valence-electron chi connectivity index (χ0n) is 10.5. The molecule has 0 unspecified atom stereocenters. The van der Waals surface area contributed by atoms with Crippen molar-refractivity contribution < 1.29 is 4.74 Å². The van der Waals surface area contributed by atoms with Crippen molar-refractivity contribution in [1.82, 2.24) is 10.2 Å². The van der Waals surface area contributed by atoms with Crippen molar-refractivity contribution in [3.05, 3.63) is 29.3 Å². The molecule has 0 saturated carbocycles. The van der Waals surface area contributed by atoms with Gasteiger partial charge in [-0.15, -0.1) is 10.2 Å². The molecule has 0 aliphatic rings. The number of benzene rings is 1. The Balaban J connectivity index is 1.72. The first-order chi connectivity index (χ1) is 9.15. The molecule has 0 radical (unpaired) electrons. The van der Waals surface area contributed by atoms with Gasteiger partial charge in [0.05, 0.1) is 6.61 Å². The summed E-state index contributed by atoms with van der Waals surface area (Å²) in [5, 5.41) is 9.74. The maximum Gasteiger partial charge on any atom is 0.209 e. The number of anilines is 2. The zero-order chi connectivity index (χ0) is 13.7. The Hall–Kier alpha value is -1.53. The molecule has 1 heterocycles. The fraction of sp³-hybridized carbons (Fsp3) is 0.333. The van der Waals surface area contributed by atoms with E-state index in [9.17, 15) is 0 Å². The van der Waals surface area contributed by atoms with Crippen LogP contribution in [0.5, 0.6) is 5.75 Å². The van der Waals surface area contributed by atoms with Crippen LogP contribution in [-0.2, 0) is 0 Å². The summed E-state index contributed by atoms with van der Waals surface area (Å²) in [6.45, 7) is 1.45. The van der Waals surface area contributed by atoms with Gasteiger partial charge in [0.25, 0.3) is 0 Å². The molecule has 0 aliphatic carbocycles. The summed E-state index contributed by atoms with van der Waals surface area (Å²) in [5.74, 6) is 0.787.